The van der Waals surface area contributed by atoms with Gasteiger partial charge in [-0.2, -0.15) is 0 Å². The van der Waals surface area contributed by atoms with Crippen molar-refractivity contribution in [2.75, 3.05) is 26.2 Å². The summed E-state index contributed by atoms with van der Waals surface area (Å²) in [6.45, 7) is 2.10. The van der Waals surface area contributed by atoms with Gasteiger partial charge in [-0.1, -0.05) is 37.3 Å². The standard InChI is InChI=1S/C25H35ClN4O5/c26-22-6-5-18(13-21(22)23(32)28-17-25(34)8-3-1-2-4-9-25)30-12-11-29(24(30)33)15-19(31)16-35-20-7-10-27-14-20/h5-6,11-13,19-20,27,31,34H,1-4,7-10,14-17H2,(H,28,32). The number of halogens is 1. The number of hydrogen-bond acceptors (Lipinski definition) is 6. The first-order chi connectivity index (χ1) is 16.8. The fraction of sp³-hybridized carbons (Fsp3) is 0.600. The first kappa shape index (κ1) is 25.9. The Bertz CT molecular complexity index is 1050. The highest BCUT2D eigenvalue weighted by Crippen LogP contribution is 2.27. The average Bonchev–Trinajstić information content (AvgIpc) is 3.43. The minimum Gasteiger partial charge on any atom is -0.389 e. The molecule has 1 aliphatic heterocycles. The van der Waals surface area contributed by atoms with Crippen LogP contribution in [0.15, 0.2) is 35.4 Å². The zero-order valence-electron chi connectivity index (χ0n) is 19.9. The first-order valence-corrected chi connectivity index (χ1v) is 12.8. The topological polar surface area (TPSA) is 118 Å². The van der Waals surface area contributed by atoms with Crippen LogP contribution in [0.25, 0.3) is 5.69 Å². The zero-order chi connectivity index (χ0) is 24.8. The number of imidazole rings is 1. The molecular formula is C25H35ClN4O5. The summed E-state index contributed by atoms with van der Waals surface area (Å²) in [6.07, 6.45) is 8.79. The lowest BCUT2D eigenvalue weighted by atomic mass is 9.94. The number of hydrogen-bond donors (Lipinski definition) is 4. The molecule has 4 N–H and O–H groups in total. The smallest absolute Gasteiger partial charge is 0.332 e. The third kappa shape index (κ3) is 6.74. The largest absolute Gasteiger partial charge is 0.389 e. The summed E-state index contributed by atoms with van der Waals surface area (Å²) in [5.74, 6) is -0.393. The highest BCUT2D eigenvalue weighted by Gasteiger charge is 2.29. The van der Waals surface area contributed by atoms with Crippen LogP contribution in [-0.2, 0) is 11.3 Å². The molecule has 2 aliphatic rings. The molecule has 2 unspecified atom stereocenters. The van der Waals surface area contributed by atoms with Gasteiger partial charge in [0.1, 0.15) is 0 Å². The number of aromatic nitrogens is 2. The average molecular weight is 507 g/mol. The number of aliphatic hydroxyl groups is 2. The number of carbonyl (C=O) groups is 1. The van der Waals surface area contributed by atoms with Crippen LogP contribution in [0.4, 0.5) is 0 Å². The summed E-state index contributed by atoms with van der Waals surface area (Å²) in [6, 6.07) is 4.80. The molecule has 9 nitrogen and oxygen atoms in total. The maximum atomic E-state index is 12.9. The summed E-state index contributed by atoms with van der Waals surface area (Å²) < 4.78 is 8.51. The van der Waals surface area contributed by atoms with E-state index in [9.17, 15) is 19.8 Å². The van der Waals surface area contributed by atoms with Gasteiger partial charge in [-0.15, -0.1) is 0 Å². The summed E-state index contributed by atoms with van der Waals surface area (Å²) >= 11 is 6.30. The molecule has 1 saturated heterocycles. The van der Waals surface area contributed by atoms with Gasteiger partial charge in [0.25, 0.3) is 5.91 Å². The summed E-state index contributed by atoms with van der Waals surface area (Å²) in [5.41, 5.74) is -0.518. The Morgan fingerprint density at radius 2 is 2.03 bits per heavy atom. The van der Waals surface area contributed by atoms with E-state index in [1.54, 1.807) is 30.6 Å². The van der Waals surface area contributed by atoms with Gasteiger partial charge in [-0.05, 0) is 44.0 Å². The van der Waals surface area contributed by atoms with Gasteiger partial charge in [0, 0.05) is 25.5 Å². The van der Waals surface area contributed by atoms with E-state index < -0.39 is 17.6 Å². The maximum absolute atomic E-state index is 12.9. The van der Waals surface area contributed by atoms with Crippen LogP contribution in [0.2, 0.25) is 5.02 Å². The van der Waals surface area contributed by atoms with Gasteiger partial charge in [0.15, 0.2) is 0 Å². The van der Waals surface area contributed by atoms with Crippen molar-refractivity contribution >= 4 is 17.5 Å². The van der Waals surface area contributed by atoms with Crippen molar-refractivity contribution in [3.05, 3.63) is 51.7 Å². The van der Waals surface area contributed by atoms with Crippen molar-refractivity contribution in [1.29, 1.82) is 0 Å². The Morgan fingerprint density at radius 1 is 1.26 bits per heavy atom. The summed E-state index contributed by atoms with van der Waals surface area (Å²) in [5, 5.41) is 27.4. The fourth-order valence-corrected chi connectivity index (χ4v) is 4.99. The van der Waals surface area contributed by atoms with E-state index in [1.165, 1.54) is 9.13 Å². The molecule has 192 valence electrons. The Morgan fingerprint density at radius 3 is 2.74 bits per heavy atom. The molecule has 1 aromatic heterocycles. The molecule has 2 atom stereocenters. The Labute approximate surface area is 210 Å². The maximum Gasteiger partial charge on any atom is 0.332 e. The molecule has 0 bridgehead atoms. The van der Waals surface area contributed by atoms with Gasteiger partial charge >= 0.3 is 5.69 Å². The second kappa shape index (κ2) is 11.7. The number of benzene rings is 1. The number of rotatable bonds is 9. The van der Waals surface area contributed by atoms with Gasteiger partial charge in [-0.25, -0.2) is 4.79 Å². The molecule has 2 fully saturated rings. The Kier molecular flexibility index (Phi) is 8.67. The minimum atomic E-state index is -0.900. The van der Waals surface area contributed by atoms with Gasteiger partial charge in [0.05, 0.1) is 47.2 Å². The Balaban J connectivity index is 1.41. The quantitative estimate of drug-likeness (QED) is 0.385. The molecule has 2 aromatic rings. The van der Waals surface area contributed by atoms with Gasteiger partial charge in [-0.3, -0.25) is 13.9 Å². The molecule has 35 heavy (non-hydrogen) atoms. The molecule has 1 aliphatic carbocycles. The molecule has 1 amide bonds. The second-order valence-electron chi connectivity index (χ2n) is 9.69. The van der Waals surface area contributed by atoms with E-state index in [0.29, 0.717) is 18.5 Å². The third-order valence-electron chi connectivity index (χ3n) is 6.88. The van der Waals surface area contributed by atoms with E-state index >= 15 is 0 Å². The van der Waals surface area contributed by atoms with Crippen molar-refractivity contribution in [1.82, 2.24) is 19.8 Å². The van der Waals surface area contributed by atoms with Crippen LogP contribution in [0.3, 0.4) is 0 Å². The number of aliphatic hydroxyl groups excluding tert-OH is 1. The number of carbonyl (C=O) groups excluding carboxylic acids is 1. The van der Waals surface area contributed by atoms with Crippen LogP contribution >= 0.6 is 11.6 Å². The molecule has 4 rings (SSSR count). The van der Waals surface area contributed by atoms with Crippen molar-refractivity contribution in [3.63, 3.8) is 0 Å². The van der Waals surface area contributed by atoms with Crippen molar-refractivity contribution in [3.8, 4) is 5.69 Å². The lowest BCUT2D eigenvalue weighted by molar-refractivity contribution is -0.00721. The Hall–Kier alpha value is -2.17. The first-order valence-electron chi connectivity index (χ1n) is 12.4. The van der Waals surface area contributed by atoms with Crippen LogP contribution in [0.1, 0.15) is 55.3 Å². The van der Waals surface area contributed by atoms with E-state index in [0.717, 1.165) is 45.2 Å². The molecule has 0 radical (unpaired) electrons. The minimum absolute atomic E-state index is 0.0906. The highest BCUT2D eigenvalue weighted by molar-refractivity contribution is 6.33. The van der Waals surface area contributed by atoms with Gasteiger partial charge in [0.2, 0.25) is 0 Å². The van der Waals surface area contributed by atoms with Crippen molar-refractivity contribution in [2.45, 2.75) is 69.3 Å². The molecule has 1 saturated carbocycles. The lowest BCUT2D eigenvalue weighted by Gasteiger charge is -2.26. The molecule has 10 heteroatoms. The fourth-order valence-electron chi connectivity index (χ4n) is 4.79. The van der Waals surface area contributed by atoms with Crippen LogP contribution in [0, 0.1) is 0 Å². The number of nitrogens with zero attached hydrogens (tertiary/aromatic N) is 2. The zero-order valence-corrected chi connectivity index (χ0v) is 20.7. The normalized spacial score (nSPS) is 20.9. The molecule has 0 spiro atoms. The molecular weight excluding hydrogens is 472 g/mol. The monoisotopic (exact) mass is 506 g/mol. The second-order valence-corrected chi connectivity index (χ2v) is 10.1. The lowest BCUT2D eigenvalue weighted by Crippen LogP contribution is -2.42. The van der Waals surface area contributed by atoms with Gasteiger partial charge < -0.3 is 25.6 Å². The van der Waals surface area contributed by atoms with E-state index in [4.69, 9.17) is 16.3 Å². The third-order valence-corrected chi connectivity index (χ3v) is 7.21. The highest BCUT2D eigenvalue weighted by atomic mass is 35.5. The number of ether oxygens (including phenoxy) is 1. The van der Waals surface area contributed by atoms with E-state index in [1.807, 2.05) is 0 Å². The van der Waals surface area contributed by atoms with E-state index in [2.05, 4.69) is 10.6 Å². The SMILES string of the molecule is O=C(NCC1(O)CCCCCC1)c1cc(-n2ccn(CC(O)COC3CCNC3)c2=O)ccc1Cl. The van der Waals surface area contributed by atoms with Crippen molar-refractivity contribution in [2.24, 2.45) is 0 Å². The van der Waals surface area contributed by atoms with E-state index in [-0.39, 0.29) is 42.1 Å². The van der Waals surface area contributed by atoms with Crippen LogP contribution in [0.5, 0.6) is 0 Å². The van der Waals surface area contributed by atoms with Crippen molar-refractivity contribution < 1.29 is 19.7 Å². The van der Waals surface area contributed by atoms with Crippen LogP contribution < -0.4 is 16.3 Å². The number of amides is 1. The summed E-state index contributed by atoms with van der Waals surface area (Å²) in [4.78, 5) is 25.8. The predicted molar refractivity (Wildman–Crippen MR) is 133 cm³/mol. The summed E-state index contributed by atoms with van der Waals surface area (Å²) in [7, 11) is 0. The molecule has 2 heterocycles. The van der Waals surface area contributed by atoms with Crippen LogP contribution in [-0.4, -0.2) is 69.3 Å². The number of nitrogens with one attached hydrogen (secondary N) is 2. The molecule has 1 aromatic carbocycles. The predicted octanol–water partition coefficient (Wildman–Crippen LogP) is 1.85.